The largest absolute Gasteiger partial charge is 0.506 e. The number of carbonyl (C=O) groups excluding carboxylic acids is 1. The van der Waals surface area contributed by atoms with Gasteiger partial charge in [0.15, 0.2) is 18.0 Å². The van der Waals surface area contributed by atoms with Gasteiger partial charge in [0.25, 0.3) is 5.91 Å². The van der Waals surface area contributed by atoms with Crippen molar-refractivity contribution in [2.45, 2.75) is 31.0 Å². The Bertz CT molecular complexity index is 1040. The Morgan fingerprint density at radius 3 is 2.79 bits per heavy atom. The van der Waals surface area contributed by atoms with Crippen molar-refractivity contribution in [2.75, 3.05) is 32.1 Å². The third-order valence-electron chi connectivity index (χ3n) is 5.70. The first-order valence-corrected chi connectivity index (χ1v) is 10.8. The number of benzene rings is 2. The fourth-order valence-corrected chi connectivity index (χ4v) is 3.93. The number of aliphatic hydroxyl groups excluding tert-OH is 1. The molecule has 0 aromatic heterocycles. The Hall–Kier alpha value is -3.50. The van der Waals surface area contributed by atoms with Crippen LogP contribution in [0.1, 0.15) is 36.5 Å². The molecule has 0 bridgehead atoms. The van der Waals surface area contributed by atoms with E-state index in [4.69, 9.17) is 9.47 Å². The molecule has 2 aliphatic rings. The fraction of sp³-hybridized carbons (Fsp3) is 0.391. The summed E-state index contributed by atoms with van der Waals surface area (Å²) in [6.07, 6.45) is 3.06. The number of unbranched alkanes of at least 4 members (excludes halogenated alkanes) is 1. The van der Waals surface area contributed by atoms with Crippen LogP contribution in [0.5, 0.6) is 17.2 Å². The number of rotatable bonds is 10. The minimum absolute atomic E-state index is 0.0977. The van der Waals surface area contributed by atoms with E-state index < -0.39 is 11.8 Å². The molecule has 2 aromatic rings. The topological polar surface area (TPSA) is 137 Å². The number of azo groups is 1. The maximum absolute atomic E-state index is 11.5. The number of aliphatic imine (C=N–C) groups is 1. The molecule has 2 atom stereocenters. The summed E-state index contributed by atoms with van der Waals surface area (Å²) in [7, 11) is 1.63. The van der Waals surface area contributed by atoms with Gasteiger partial charge in [-0.2, -0.15) is 5.11 Å². The minimum atomic E-state index is -0.853. The second-order valence-electron chi connectivity index (χ2n) is 7.90. The summed E-state index contributed by atoms with van der Waals surface area (Å²) < 4.78 is 10.7. The number of phenolic OH excluding ortho intramolecular Hbond substituents is 1. The molecule has 4 rings (SSSR count). The van der Waals surface area contributed by atoms with Crippen LogP contribution in [-0.2, 0) is 10.5 Å². The van der Waals surface area contributed by atoms with E-state index in [2.05, 4.69) is 25.9 Å². The maximum atomic E-state index is 11.5. The number of aliphatic hydroxyl groups is 1. The van der Waals surface area contributed by atoms with Crippen LogP contribution < -0.4 is 20.1 Å². The second-order valence-corrected chi connectivity index (χ2v) is 7.90. The van der Waals surface area contributed by atoms with Gasteiger partial charge in [-0.3, -0.25) is 4.79 Å². The van der Waals surface area contributed by atoms with Gasteiger partial charge in [0.1, 0.15) is 23.5 Å². The normalized spacial score (nSPS) is 19.6. The predicted octanol–water partition coefficient (Wildman–Crippen LogP) is 2.87. The highest BCUT2D eigenvalue weighted by Gasteiger charge is 2.33. The summed E-state index contributed by atoms with van der Waals surface area (Å²) in [5.74, 6) is 0.633. The molecule has 4 N–H and O–H groups in total. The smallest absolute Gasteiger partial charge is 0.262 e. The van der Waals surface area contributed by atoms with Crippen molar-refractivity contribution in [3.63, 3.8) is 0 Å². The fourth-order valence-electron chi connectivity index (χ4n) is 3.93. The number of phenols is 1. The summed E-state index contributed by atoms with van der Waals surface area (Å²) in [6, 6.07) is 10.7. The molecule has 2 aliphatic heterocycles. The Morgan fingerprint density at radius 2 is 2.06 bits per heavy atom. The van der Waals surface area contributed by atoms with Crippen LogP contribution in [0.15, 0.2) is 51.6 Å². The van der Waals surface area contributed by atoms with Gasteiger partial charge in [-0.05, 0) is 50.1 Å². The van der Waals surface area contributed by atoms with E-state index in [1.165, 1.54) is 12.4 Å². The molecule has 1 amide bonds. The number of ether oxygens (including phenoxy) is 2. The molecule has 2 aromatic carbocycles. The van der Waals surface area contributed by atoms with Crippen LogP contribution in [0.25, 0.3) is 0 Å². The van der Waals surface area contributed by atoms with Crippen molar-refractivity contribution < 1.29 is 24.5 Å². The molecule has 174 valence electrons. The number of methoxy groups -OCH3 is 1. The Morgan fingerprint density at radius 1 is 1.24 bits per heavy atom. The lowest BCUT2D eigenvalue weighted by molar-refractivity contribution is -0.118. The number of aromatic hydroxyl groups is 1. The Labute approximate surface area is 191 Å². The van der Waals surface area contributed by atoms with Crippen molar-refractivity contribution in [3.8, 4) is 17.2 Å². The van der Waals surface area contributed by atoms with Crippen molar-refractivity contribution in [1.29, 1.82) is 0 Å². The van der Waals surface area contributed by atoms with Crippen LogP contribution in [0.2, 0.25) is 0 Å². The van der Waals surface area contributed by atoms with Crippen molar-refractivity contribution in [1.82, 2.24) is 5.32 Å². The van der Waals surface area contributed by atoms with Gasteiger partial charge in [0.2, 0.25) is 0 Å². The number of nitrogens with zero attached hydrogens (tertiary/aromatic N) is 3. The number of carbonyl (C=O) groups is 1. The Balaban J connectivity index is 1.27. The van der Waals surface area contributed by atoms with Gasteiger partial charge in [0, 0.05) is 17.7 Å². The molecule has 33 heavy (non-hydrogen) atoms. The van der Waals surface area contributed by atoms with Crippen LogP contribution >= 0.6 is 0 Å². The second kappa shape index (κ2) is 9.97. The van der Waals surface area contributed by atoms with Crippen LogP contribution in [0, 0.1) is 0 Å². The number of amides is 1. The van der Waals surface area contributed by atoms with E-state index in [9.17, 15) is 15.0 Å². The third-order valence-corrected chi connectivity index (χ3v) is 5.70. The third kappa shape index (κ3) is 4.96. The van der Waals surface area contributed by atoms with E-state index in [0.717, 1.165) is 24.2 Å². The highest BCUT2D eigenvalue weighted by atomic mass is 16.5. The molecule has 0 saturated carbocycles. The van der Waals surface area contributed by atoms with Gasteiger partial charge < -0.3 is 30.3 Å². The standard InChI is InChI=1S/C23H27N5O5/c1-32-16-6-4-15(5-7-16)23(25-14-26-28-23)10-2-3-11-24-12-19(30)17-8-9-18(29)21-22(17)33-13-20(31)27-21/h4-9,14,19,24,29-30H,2-3,10-13H2,1H3,(H,27,31). The molecule has 0 radical (unpaired) electrons. The molecule has 10 heteroatoms. The zero-order chi connectivity index (χ0) is 23.3. The van der Waals surface area contributed by atoms with Crippen molar-refractivity contribution >= 4 is 17.9 Å². The van der Waals surface area contributed by atoms with Gasteiger partial charge in [-0.25, -0.2) is 4.99 Å². The van der Waals surface area contributed by atoms with E-state index in [-0.39, 0.29) is 24.0 Å². The molecule has 2 unspecified atom stereocenters. The van der Waals surface area contributed by atoms with Crippen LogP contribution in [-0.4, -0.2) is 49.3 Å². The average Bonchev–Trinajstić information content (AvgIpc) is 3.32. The number of hydrogen-bond donors (Lipinski definition) is 4. The quantitative estimate of drug-likeness (QED) is 0.322. The molecule has 10 nitrogen and oxygen atoms in total. The highest BCUT2D eigenvalue weighted by Crippen LogP contribution is 2.41. The van der Waals surface area contributed by atoms with Gasteiger partial charge in [0.05, 0.1) is 13.2 Å². The minimum Gasteiger partial charge on any atom is -0.506 e. The predicted molar refractivity (Wildman–Crippen MR) is 122 cm³/mol. The SMILES string of the molecule is COc1ccc(C2(CCCCNCC(O)c3ccc(O)c4c3OCC(=O)N4)N=CN=N2)cc1. The summed E-state index contributed by atoms with van der Waals surface area (Å²) in [6.45, 7) is 0.837. The average molecular weight is 453 g/mol. The van der Waals surface area contributed by atoms with Crippen molar-refractivity contribution in [2.24, 2.45) is 15.2 Å². The summed E-state index contributed by atoms with van der Waals surface area (Å²) >= 11 is 0. The number of nitrogens with one attached hydrogen (secondary N) is 2. The first-order valence-electron chi connectivity index (χ1n) is 10.8. The molecular weight excluding hydrogens is 426 g/mol. The molecule has 0 saturated heterocycles. The van der Waals surface area contributed by atoms with Gasteiger partial charge in [-0.1, -0.05) is 12.1 Å². The zero-order valence-electron chi connectivity index (χ0n) is 18.3. The summed E-state index contributed by atoms with van der Waals surface area (Å²) in [5.41, 5.74) is 0.972. The molecule has 0 aliphatic carbocycles. The van der Waals surface area contributed by atoms with Crippen LogP contribution in [0.3, 0.4) is 0 Å². The number of anilines is 1. The zero-order valence-corrected chi connectivity index (χ0v) is 18.3. The van der Waals surface area contributed by atoms with E-state index in [1.807, 2.05) is 24.3 Å². The first kappa shape index (κ1) is 22.7. The number of hydrogen-bond acceptors (Lipinski definition) is 9. The lowest BCUT2D eigenvalue weighted by Crippen LogP contribution is -2.28. The van der Waals surface area contributed by atoms with Gasteiger partial charge >= 0.3 is 0 Å². The lowest BCUT2D eigenvalue weighted by Gasteiger charge is -2.24. The lowest BCUT2D eigenvalue weighted by atomic mass is 9.94. The summed E-state index contributed by atoms with van der Waals surface area (Å²) in [5, 5.41) is 34.7. The van der Waals surface area contributed by atoms with E-state index >= 15 is 0 Å². The molecule has 0 fully saturated rings. The van der Waals surface area contributed by atoms with Gasteiger partial charge in [-0.15, -0.1) is 5.11 Å². The summed E-state index contributed by atoms with van der Waals surface area (Å²) in [4.78, 5) is 16.0. The maximum Gasteiger partial charge on any atom is 0.262 e. The molecular formula is C23H27N5O5. The highest BCUT2D eigenvalue weighted by molar-refractivity contribution is 5.97. The molecule has 2 heterocycles. The first-order chi connectivity index (χ1) is 16.0. The van der Waals surface area contributed by atoms with E-state index in [0.29, 0.717) is 30.8 Å². The molecule has 0 spiro atoms. The monoisotopic (exact) mass is 453 g/mol. The van der Waals surface area contributed by atoms with Crippen molar-refractivity contribution in [3.05, 3.63) is 47.5 Å². The Kier molecular flexibility index (Phi) is 6.85. The van der Waals surface area contributed by atoms with Crippen LogP contribution in [0.4, 0.5) is 5.69 Å². The number of fused-ring (bicyclic) bond motifs is 1. The van der Waals surface area contributed by atoms with E-state index in [1.54, 1.807) is 13.2 Å².